The summed E-state index contributed by atoms with van der Waals surface area (Å²) in [4.78, 5) is 20.9. The molecule has 0 aromatic carbocycles. The summed E-state index contributed by atoms with van der Waals surface area (Å²) in [5.74, 6) is 0.513. The molecule has 1 aliphatic carbocycles. The molecule has 0 saturated heterocycles. The monoisotopic (exact) mass is 285 g/mol. The van der Waals surface area contributed by atoms with Crippen LogP contribution in [0.25, 0.3) is 0 Å². The number of rotatable bonds is 2. The molecule has 1 aromatic heterocycles. The number of nitrogens with one attached hydrogen (secondary N) is 1. The molecule has 0 amide bonds. The molecule has 0 radical (unpaired) electrons. The van der Waals surface area contributed by atoms with Gasteiger partial charge in [0.2, 0.25) is 0 Å². The van der Waals surface area contributed by atoms with E-state index in [-0.39, 0.29) is 5.56 Å². The second-order valence-corrected chi connectivity index (χ2v) is 5.40. The molecule has 2 unspecified atom stereocenters. The maximum atomic E-state index is 11.6. The molecule has 1 aromatic rings. The van der Waals surface area contributed by atoms with Crippen LogP contribution in [0.3, 0.4) is 0 Å². The third kappa shape index (κ3) is 2.29. The second kappa shape index (κ2) is 4.99. The van der Waals surface area contributed by atoms with Gasteiger partial charge in [0.1, 0.15) is 0 Å². The summed E-state index contributed by atoms with van der Waals surface area (Å²) >= 11 is 3.70. The highest BCUT2D eigenvalue weighted by atomic mass is 79.9. The molecular weight excluding hydrogens is 270 g/mol. The van der Waals surface area contributed by atoms with E-state index in [1.54, 1.807) is 12.4 Å². The van der Waals surface area contributed by atoms with Crippen LogP contribution in [-0.4, -0.2) is 27.9 Å². The Labute approximate surface area is 103 Å². The van der Waals surface area contributed by atoms with Crippen LogP contribution in [0.4, 0.5) is 5.82 Å². The number of H-pyrrole nitrogens is 1. The van der Waals surface area contributed by atoms with Crippen LogP contribution in [0.15, 0.2) is 17.2 Å². The van der Waals surface area contributed by atoms with Gasteiger partial charge in [-0.25, -0.2) is 4.98 Å². The minimum absolute atomic E-state index is 0.115. The fraction of sp³-hybridized carbons (Fsp3) is 0.636. The van der Waals surface area contributed by atoms with E-state index in [4.69, 9.17) is 0 Å². The Morgan fingerprint density at radius 3 is 2.94 bits per heavy atom. The Kier molecular flexibility index (Phi) is 3.63. The van der Waals surface area contributed by atoms with Crippen molar-refractivity contribution < 1.29 is 0 Å². The molecule has 2 rings (SSSR count). The highest BCUT2D eigenvalue weighted by Crippen LogP contribution is 2.28. The number of nitrogens with zero attached hydrogens (tertiary/aromatic N) is 2. The van der Waals surface area contributed by atoms with Crippen LogP contribution < -0.4 is 10.5 Å². The first kappa shape index (κ1) is 11.6. The van der Waals surface area contributed by atoms with Crippen LogP contribution in [0.1, 0.15) is 25.7 Å². The Balaban J connectivity index is 2.21. The minimum Gasteiger partial charge on any atom is -0.351 e. The van der Waals surface area contributed by atoms with Crippen molar-refractivity contribution in [3.63, 3.8) is 0 Å². The summed E-state index contributed by atoms with van der Waals surface area (Å²) < 4.78 is 0. The first-order valence-corrected chi connectivity index (χ1v) is 6.52. The Hall–Kier alpha value is -0.840. The maximum absolute atomic E-state index is 11.6. The van der Waals surface area contributed by atoms with Crippen LogP contribution >= 0.6 is 15.9 Å². The molecule has 5 heteroatoms. The number of anilines is 1. The second-order valence-electron chi connectivity index (χ2n) is 4.22. The lowest BCUT2D eigenvalue weighted by atomic mass is 9.94. The van der Waals surface area contributed by atoms with Gasteiger partial charge in [-0.3, -0.25) is 4.79 Å². The van der Waals surface area contributed by atoms with E-state index in [2.05, 4.69) is 25.9 Å². The lowest BCUT2D eigenvalue weighted by Gasteiger charge is -2.35. The third-order valence-corrected chi connectivity index (χ3v) is 4.24. The number of hydrogen-bond donors (Lipinski definition) is 1. The highest BCUT2D eigenvalue weighted by Gasteiger charge is 2.27. The van der Waals surface area contributed by atoms with E-state index in [9.17, 15) is 4.79 Å². The SMILES string of the molecule is CN(c1ncc[nH]c1=O)C1CCCCC1Br. The molecule has 88 valence electrons. The quantitative estimate of drug-likeness (QED) is 0.845. The van der Waals surface area contributed by atoms with E-state index in [1.165, 1.54) is 19.3 Å². The molecule has 0 aliphatic heterocycles. The van der Waals surface area contributed by atoms with Gasteiger partial charge in [0.05, 0.1) is 0 Å². The van der Waals surface area contributed by atoms with Crippen molar-refractivity contribution in [1.82, 2.24) is 9.97 Å². The molecular formula is C11H16BrN3O. The van der Waals surface area contributed by atoms with E-state index in [0.29, 0.717) is 16.7 Å². The van der Waals surface area contributed by atoms with Crippen LogP contribution in [-0.2, 0) is 0 Å². The van der Waals surface area contributed by atoms with Crippen molar-refractivity contribution in [2.75, 3.05) is 11.9 Å². The minimum atomic E-state index is -0.115. The Morgan fingerprint density at radius 1 is 1.50 bits per heavy atom. The van der Waals surface area contributed by atoms with Gasteiger partial charge in [-0.05, 0) is 12.8 Å². The summed E-state index contributed by atoms with van der Waals surface area (Å²) in [6.45, 7) is 0. The Morgan fingerprint density at radius 2 is 2.25 bits per heavy atom. The number of alkyl halides is 1. The van der Waals surface area contributed by atoms with Gasteiger partial charge in [0.15, 0.2) is 5.82 Å². The van der Waals surface area contributed by atoms with Gasteiger partial charge in [-0.2, -0.15) is 0 Å². The zero-order valence-corrected chi connectivity index (χ0v) is 10.9. The topological polar surface area (TPSA) is 49.0 Å². The van der Waals surface area contributed by atoms with Crippen molar-refractivity contribution in [1.29, 1.82) is 0 Å². The van der Waals surface area contributed by atoms with Gasteiger partial charge >= 0.3 is 0 Å². The standard InChI is InChI=1S/C11H16BrN3O/c1-15(9-5-3-2-4-8(9)12)10-11(16)14-7-6-13-10/h6-9H,2-5H2,1H3,(H,14,16). The molecule has 1 N–H and O–H groups in total. The average molecular weight is 286 g/mol. The zero-order chi connectivity index (χ0) is 11.5. The van der Waals surface area contributed by atoms with Gasteiger partial charge in [-0.15, -0.1) is 0 Å². The van der Waals surface area contributed by atoms with E-state index in [0.717, 1.165) is 6.42 Å². The molecule has 4 nitrogen and oxygen atoms in total. The summed E-state index contributed by atoms with van der Waals surface area (Å²) in [5, 5.41) is 0. The molecule has 0 spiro atoms. The zero-order valence-electron chi connectivity index (χ0n) is 9.32. The predicted molar refractivity (Wildman–Crippen MR) is 68.2 cm³/mol. The van der Waals surface area contributed by atoms with E-state index in [1.807, 2.05) is 11.9 Å². The number of halogens is 1. The van der Waals surface area contributed by atoms with Crippen molar-refractivity contribution in [2.24, 2.45) is 0 Å². The van der Waals surface area contributed by atoms with Crippen LogP contribution in [0, 0.1) is 0 Å². The third-order valence-electron chi connectivity index (χ3n) is 3.17. The molecule has 16 heavy (non-hydrogen) atoms. The largest absolute Gasteiger partial charge is 0.351 e. The van der Waals surface area contributed by atoms with Gasteiger partial charge < -0.3 is 9.88 Å². The normalized spacial score (nSPS) is 25.4. The smallest absolute Gasteiger partial charge is 0.290 e. The molecule has 1 saturated carbocycles. The van der Waals surface area contributed by atoms with Crippen molar-refractivity contribution >= 4 is 21.7 Å². The lowest BCUT2D eigenvalue weighted by molar-refractivity contribution is 0.441. The van der Waals surface area contributed by atoms with Gasteiger partial charge in [0.25, 0.3) is 5.56 Å². The lowest BCUT2D eigenvalue weighted by Crippen LogP contribution is -2.43. The average Bonchev–Trinajstić information content (AvgIpc) is 2.29. The molecule has 1 heterocycles. The van der Waals surface area contributed by atoms with E-state index < -0.39 is 0 Å². The number of aromatic amines is 1. The van der Waals surface area contributed by atoms with Crippen molar-refractivity contribution in [3.8, 4) is 0 Å². The summed E-state index contributed by atoms with van der Waals surface area (Å²) in [6, 6.07) is 0.366. The van der Waals surface area contributed by atoms with Crippen LogP contribution in [0.2, 0.25) is 0 Å². The first-order valence-electron chi connectivity index (χ1n) is 5.61. The summed E-state index contributed by atoms with van der Waals surface area (Å²) in [7, 11) is 1.95. The summed E-state index contributed by atoms with van der Waals surface area (Å²) in [5.41, 5.74) is -0.115. The van der Waals surface area contributed by atoms with Gasteiger partial charge in [0, 0.05) is 30.3 Å². The fourth-order valence-corrected chi connectivity index (χ4v) is 3.20. The molecule has 1 aliphatic rings. The summed E-state index contributed by atoms with van der Waals surface area (Å²) in [6.07, 6.45) is 7.95. The predicted octanol–water partition coefficient (Wildman–Crippen LogP) is 1.91. The Bertz CT molecular complexity index is 406. The van der Waals surface area contributed by atoms with Crippen molar-refractivity contribution in [2.45, 2.75) is 36.6 Å². The maximum Gasteiger partial charge on any atom is 0.290 e. The highest BCUT2D eigenvalue weighted by molar-refractivity contribution is 9.09. The number of hydrogen-bond acceptors (Lipinski definition) is 3. The van der Waals surface area contributed by atoms with Gasteiger partial charge in [-0.1, -0.05) is 28.8 Å². The molecule has 0 bridgehead atoms. The first-order chi connectivity index (χ1) is 7.70. The number of aromatic nitrogens is 2. The van der Waals surface area contributed by atoms with E-state index >= 15 is 0 Å². The van der Waals surface area contributed by atoms with Crippen LogP contribution in [0.5, 0.6) is 0 Å². The molecule has 2 atom stereocenters. The van der Waals surface area contributed by atoms with Crippen molar-refractivity contribution in [3.05, 3.63) is 22.7 Å². The molecule has 1 fully saturated rings. The fourth-order valence-electron chi connectivity index (χ4n) is 2.25.